The van der Waals surface area contributed by atoms with Crippen molar-refractivity contribution in [3.8, 4) is 0 Å². The topological polar surface area (TPSA) is 52.3 Å². The van der Waals surface area contributed by atoms with Gasteiger partial charge in [-0.1, -0.05) is 0 Å². The number of esters is 1. The lowest BCUT2D eigenvalue weighted by Gasteiger charge is -2.03. The second kappa shape index (κ2) is 4.55. The molecule has 1 aromatic carbocycles. The molecule has 1 rings (SSSR count). The molecule has 0 heterocycles. The average molecular weight is 201 g/mol. The van der Waals surface area contributed by atoms with Crippen LogP contribution in [0.25, 0.3) is 0 Å². The molecule has 14 heavy (non-hydrogen) atoms. The molecular weight excluding hydrogens is 192 g/mol. The highest BCUT2D eigenvalue weighted by Gasteiger charge is 2.09. The molecule has 3 nitrogen and oxygen atoms in total. The van der Waals surface area contributed by atoms with Crippen molar-refractivity contribution in [3.05, 3.63) is 29.6 Å². The molecule has 0 atom stereocenters. The molecule has 0 saturated heterocycles. The van der Waals surface area contributed by atoms with Crippen LogP contribution in [0.5, 0.6) is 0 Å². The number of ether oxygens (including phenoxy) is 1. The summed E-state index contributed by atoms with van der Waals surface area (Å²) in [6, 6.07) is 3.52. The predicted molar refractivity (Wildman–Crippen MR) is 47.1 cm³/mol. The molecule has 5 heteroatoms. The lowest BCUT2D eigenvalue weighted by Crippen LogP contribution is -2.08. The fraction of sp³-hybridized carbons (Fsp3) is 0.222. The average Bonchev–Trinajstić information content (AvgIpc) is 2.18. The van der Waals surface area contributed by atoms with Gasteiger partial charge in [0.2, 0.25) is 0 Å². The van der Waals surface area contributed by atoms with E-state index in [1.807, 2.05) is 0 Å². The van der Waals surface area contributed by atoms with Crippen LogP contribution in [-0.4, -0.2) is 19.3 Å². The second-order valence-electron chi connectivity index (χ2n) is 2.56. The van der Waals surface area contributed by atoms with E-state index in [-0.39, 0.29) is 17.9 Å². The number of carbonyl (C=O) groups is 1. The van der Waals surface area contributed by atoms with E-state index in [9.17, 15) is 13.6 Å². The van der Waals surface area contributed by atoms with E-state index in [1.165, 1.54) is 12.1 Å². The highest BCUT2D eigenvalue weighted by molar-refractivity contribution is 5.89. The number of hydrogen-bond acceptors (Lipinski definition) is 3. The zero-order valence-electron chi connectivity index (χ0n) is 7.30. The van der Waals surface area contributed by atoms with Crippen molar-refractivity contribution in [1.29, 1.82) is 0 Å². The maximum Gasteiger partial charge on any atom is 0.338 e. The van der Waals surface area contributed by atoms with E-state index >= 15 is 0 Å². The first-order chi connectivity index (χ1) is 6.65. The molecule has 0 spiro atoms. The Morgan fingerprint density at radius 3 is 2.79 bits per heavy atom. The number of hydrogen-bond donors (Lipinski definition) is 1. The van der Waals surface area contributed by atoms with Gasteiger partial charge in [0.15, 0.2) is 0 Å². The molecule has 0 aliphatic carbocycles. The number of alkyl halides is 1. The molecule has 0 radical (unpaired) electrons. The van der Waals surface area contributed by atoms with Crippen LogP contribution in [0.3, 0.4) is 0 Å². The number of carbonyl (C=O) groups excluding carboxylic acids is 1. The van der Waals surface area contributed by atoms with Crippen LogP contribution in [-0.2, 0) is 4.74 Å². The zero-order valence-corrected chi connectivity index (χ0v) is 7.30. The largest absolute Gasteiger partial charge is 0.459 e. The van der Waals surface area contributed by atoms with Crippen LogP contribution in [0, 0.1) is 5.82 Å². The fourth-order valence-corrected chi connectivity index (χ4v) is 0.869. The predicted octanol–water partition coefficient (Wildman–Crippen LogP) is 1.53. The first kappa shape index (κ1) is 10.4. The van der Waals surface area contributed by atoms with Crippen LogP contribution in [0.2, 0.25) is 0 Å². The summed E-state index contributed by atoms with van der Waals surface area (Å²) < 4.78 is 28.9. The van der Waals surface area contributed by atoms with Crippen LogP contribution in [0.1, 0.15) is 10.4 Å². The number of rotatable bonds is 3. The van der Waals surface area contributed by atoms with E-state index in [4.69, 9.17) is 5.73 Å². The Labute approximate surface area is 79.5 Å². The highest BCUT2D eigenvalue weighted by atomic mass is 19.1. The van der Waals surface area contributed by atoms with Gasteiger partial charge in [-0.05, 0) is 18.2 Å². The SMILES string of the molecule is Nc1ccc(C(=O)OCCF)cc1F. The van der Waals surface area contributed by atoms with Crippen molar-refractivity contribution in [3.63, 3.8) is 0 Å². The monoisotopic (exact) mass is 201 g/mol. The van der Waals surface area contributed by atoms with Crippen molar-refractivity contribution in [2.75, 3.05) is 19.0 Å². The summed E-state index contributed by atoms with van der Waals surface area (Å²) in [5, 5.41) is 0. The van der Waals surface area contributed by atoms with Gasteiger partial charge in [-0.25, -0.2) is 13.6 Å². The summed E-state index contributed by atoms with van der Waals surface area (Å²) >= 11 is 0. The lowest BCUT2D eigenvalue weighted by atomic mass is 10.2. The van der Waals surface area contributed by atoms with Gasteiger partial charge in [-0.15, -0.1) is 0 Å². The van der Waals surface area contributed by atoms with Crippen molar-refractivity contribution in [1.82, 2.24) is 0 Å². The minimum absolute atomic E-state index is 0.0187. The van der Waals surface area contributed by atoms with Gasteiger partial charge < -0.3 is 10.5 Å². The quantitative estimate of drug-likeness (QED) is 0.596. The number of benzene rings is 1. The summed E-state index contributed by atoms with van der Waals surface area (Å²) in [4.78, 5) is 11.1. The summed E-state index contributed by atoms with van der Waals surface area (Å²) in [5.41, 5.74) is 5.17. The molecule has 1 aromatic rings. The van der Waals surface area contributed by atoms with Gasteiger partial charge in [0, 0.05) is 0 Å². The van der Waals surface area contributed by atoms with E-state index in [1.54, 1.807) is 0 Å². The molecule has 0 aromatic heterocycles. The smallest absolute Gasteiger partial charge is 0.338 e. The number of nitrogen functional groups attached to an aromatic ring is 1. The maximum atomic E-state index is 12.9. The minimum atomic E-state index is -0.762. The Morgan fingerprint density at radius 1 is 1.50 bits per heavy atom. The van der Waals surface area contributed by atoms with Crippen molar-refractivity contribution >= 4 is 11.7 Å². The zero-order chi connectivity index (χ0) is 10.6. The first-order valence-electron chi connectivity index (χ1n) is 3.93. The first-order valence-corrected chi connectivity index (χ1v) is 3.93. The summed E-state index contributed by atoms with van der Waals surface area (Å²) in [7, 11) is 0. The molecule has 0 unspecified atom stereocenters. The summed E-state index contributed by atoms with van der Waals surface area (Å²) in [6.45, 7) is -1.09. The summed E-state index contributed by atoms with van der Waals surface area (Å²) in [5.74, 6) is -1.46. The van der Waals surface area contributed by atoms with E-state index in [2.05, 4.69) is 4.74 Å². The van der Waals surface area contributed by atoms with Crippen LogP contribution >= 0.6 is 0 Å². The van der Waals surface area contributed by atoms with Crippen LogP contribution < -0.4 is 5.73 Å². The number of halogens is 2. The second-order valence-corrected chi connectivity index (χ2v) is 2.56. The Balaban J connectivity index is 2.76. The maximum absolute atomic E-state index is 12.9. The van der Waals surface area contributed by atoms with E-state index in [0.29, 0.717) is 0 Å². The van der Waals surface area contributed by atoms with Gasteiger partial charge in [-0.2, -0.15) is 0 Å². The normalized spacial score (nSPS) is 9.86. The minimum Gasteiger partial charge on any atom is -0.459 e. The molecular formula is C9H9F2NO2. The molecule has 0 saturated carbocycles. The third kappa shape index (κ3) is 2.42. The fourth-order valence-electron chi connectivity index (χ4n) is 0.869. The van der Waals surface area contributed by atoms with Crippen LogP contribution in [0.15, 0.2) is 18.2 Å². The highest BCUT2D eigenvalue weighted by Crippen LogP contribution is 2.12. The molecule has 0 amide bonds. The summed E-state index contributed by atoms with van der Waals surface area (Å²) in [6.07, 6.45) is 0. The van der Waals surface area contributed by atoms with Gasteiger partial charge in [-0.3, -0.25) is 0 Å². The molecule has 76 valence electrons. The molecule has 2 N–H and O–H groups in total. The Kier molecular flexibility index (Phi) is 3.39. The third-order valence-electron chi connectivity index (χ3n) is 1.55. The Morgan fingerprint density at radius 2 is 2.21 bits per heavy atom. The molecule has 0 fully saturated rings. The molecule has 0 aliphatic rings. The van der Waals surface area contributed by atoms with Crippen molar-refractivity contribution in [2.45, 2.75) is 0 Å². The van der Waals surface area contributed by atoms with E-state index < -0.39 is 18.5 Å². The van der Waals surface area contributed by atoms with Crippen molar-refractivity contribution < 1.29 is 18.3 Å². The lowest BCUT2D eigenvalue weighted by molar-refractivity contribution is 0.0480. The van der Waals surface area contributed by atoms with Gasteiger partial charge >= 0.3 is 5.97 Å². The van der Waals surface area contributed by atoms with Crippen LogP contribution in [0.4, 0.5) is 14.5 Å². The van der Waals surface area contributed by atoms with Gasteiger partial charge in [0.1, 0.15) is 19.1 Å². The Hall–Kier alpha value is -1.65. The van der Waals surface area contributed by atoms with Gasteiger partial charge in [0.25, 0.3) is 0 Å². The standard InChI is InChI=1S/C9H9F2NO2/c10-3-4-14-9(13)6-1-2-8(12)7(11)5-6/h1-2,5H,3-4,12H2. The van der Waals surface area contributed by atoms with E-state index in [0.717, 1.165) is 6.07 Å². The van der Waals surface area contributed by atoms with Crippen molar-refractivity contribution in [2.24, 2.45) is 0 Å². The number of anilines is 1. The third-order valence-corrected chi connectivity index (χ3v) is 1.55. The van der Waals surface area contributed by atoms with Gasteiger partial charge in [0.05, 0.1) is 11.3 Å². The molecule has 0 aliphatic heterocycles. The molecule has 0 bridgehead atoms. The number of nitrogens with two attached hydrogens (primary N) is 1. The Bertz CT molecular complexity index is 342.